The molecule has 0 aromatic rings. The number of hydrogen-bond acceptors (Lipinski definition) is 0. The lowest BCUT2D eigenvalue weighted by molar-refractivity contribution is -0.0272. The van der Waals surface area contributed by atoms with Gasteiger partial charge in [-0.3, -0.25) is 0 Å². The summed E-state index contributed by atoms with van der Waals surface area (Å²) in [5, 5.41) is 0. The molecule has 1 saturated carbocycles. The summed E-state index contributed by atoms with van der Waals surface area (Å²) in [7, 11) is 0. The Morgan fingerprint density at radius 3 is 1.90 bits per heavy atom. The lowest BCUT2D eigenvalue weighted by atomic mass is 9.85. The van der Waals surface area contributed by atoms with Crippen molar-refractivity contribution < 1.29 is 8.78 Å². The topological polar surface area (TPSA) is 0 Å². The van der Waals surface area contributed by atoms with Gasteiger partial charge in [-0.05, 0) is 12.8 Å². The molecule has 0 N–H and O–H groups in total. The van der Waals surface area contributed by atoms with Gasteiger partial charge in [0.1, 0.15) is 0 Å². The van der Waals surface area contributed by atoms with Crippen molar-refractivity contribution in [3.05, 3.63) is 6.92 Å². The van der Waals surface area contributed by atoms with Crippen LogP contribution in [0, 0.1) is 12.8 Å². The second-order valence-electron chi connectivity index (χ2n) is 3.10. The molecule has 0 unspecified atom stereocenters. The summed E-state index contributed by atoms with van der Waals surface area (Å²) in [5.74, 6) is -3.12. The third-order valence-corrected chi connectivity index (χ3v) is 2.20. The third kappa shape index (κ3) is 1.93. The van der Waals surface area contributed by atoms with Crippen LogP contribution >= 0.6 is 0 Å². The lowest BCUT2D eigenvalue weighted by Crippen LogP contribution is -2.26. The molecular weight excluding hydrogens is 134 g/mol. The lowest BCUT2D eigenvalue weighted by Gasteiger charge is -2.26. The molecule has 1 rings (SSSR count). The fourth-order valence-electron chi connectivity index (χ4n) is 1.52. The van der Waals surface area contributed by atoms with E-state index in [2.05, 4.69) is 6.92 Å². The van der Waals surface area contributed by atoms with E-state index < -0.39 is 11.8 Å². The maximum Gasteiger partial charge on any atom is 0.251 e. The van der Waals surface area contributed by atoms with Gasteiger partial charge in [0.15, 0.2) is 0 Å². The number of rotatable bonds is 1. The largest absolute Gasteiger partial charge is 0.251 e. The quantitative estimate of drug-likeness (QED) is 0.534. The van der Waals surface area contributed by atoms with Crippen molar-refractivity contribution in [1.82, 2.24) is 0 Å². The maximum absolute atomic E-state index is 12.5. The fraction of sp³-hybridized carbons (Fsp3) is 0.875. The monoisotopic (exact) mass is 147 g/mol. The molecule has 2 heteroatoms. The van der Waals surface area contributed by atoms with Crippen molar-refractivity contribution in [2.45, 2.75) is 38.0 Å². The zero-order valence-electron chi connectivity index (χ0n) is 6.08. The standard InChI is InChI=1S/C8H13F2/c1-8(9,10)7-5-3-2-4-6-7/h7H,1-6H2. The van der Waals surface area contributed by atoms with E-state index in [0.717, 1.165) is 19.3 Å². The van der Waals surface area contributed by atoms with E-state index in [1.165, 1.54) is 0 Å². The Bertz CT molecular complexity index is 98.3. The molecule has 0 saturated heterocycles. The molecule has 0 aromatic heterocycles. The van der Waals surface area contributed by atoms with Gasteiger partial charge < -0.3 is 0 Å². The minimum atomic E-state index is -2.68. The average Bonchev–Trinajstić information content (AvgIpc) is 1.88. The Morgan fingerprint density at radius 2 is 1.60 bits per heavy atom. The summed E-state index contributed by atoms with van der Waals surface area (Å²) < 4.78 is 25.0. The predicted octanol–water partition coefficient (Wildman–Crippen LogP) is 3.04. The zero-order chi connectivity index (χ0) is 7.61. The van der Waals surface area contributed by atoms with Gasteiger partial charge in [-0.1, -0.05) is 19.3 Å². The molecule has 0 aromatic carbocycles. The Kier molecular flexibility index (Phi) is 2.27. The summed E-state index contributed by atoms with van der Waals surface area (Å²) in [6, 6.07) is 0. The number of hydrogen-bond donors (Lipinski definition) is 0. The first kappa shape index (κ1) is 7.96. The average molecular weight is 147 g/mol. The second-order valence-corrected chi connectivity index (χ2v) is 3.10. The highest BCUT2D eigenvalue weighted by Crippen LogP contribution is 2.35. The van der Waals surface area contributed by atoms with E-state index in [4.69, 9.17) is 0 Å². The molecule has 0 nitrogen and oxygen atoms in total. The summed E-state index contributed by atoms with van der Waals surface area (Å²) in [5.41, 5.74) is 0. The van der Waals surface area contributed by atoms with Crippen LogP contribution in [-0.4, -0.2) is 5.92 Å². The number of alkyl halides is 2. The van der Waals surface area contributed by atoms with Gasteiger partial charge in [0.05, 0.1) is 0 Å². The number of halogens is 2. The van der Waals surface area contributed by atoms with E-state index >= 15 is 0 Å². The van der Waals surface area contributed by atoms with Crippen LogP contribution in [-0.2, 0) is 0 Å². The molecule has 0 aliphatic heterocycles. The van der Waals surface area contributed by atoms with Crippen LogP contribution in [0.5, 0.6) is 0 Å². The van der Waals surface area contributed by atoms with Gasteiger partial charge in [-0.2, -0.15) is 0 Å². The van der Waals surface area contributed by atoms with E-state index in [1.54, 1.807) is 0 Å². The molecule has 1 aliphatic rings. The molecular formula is C8H13F2. The highest BCUT2D eigenvalue weighted by atomic mass is 19.3. The van der Waals surface area contributed by atoms with E-state index in [-0.39, 0.29) is 0 Å². The zero-order valence-corrected chi connectivity index (χ0v) is 6.08. The van der Waals surface area contributed by atoms with Crippen LogP contribution in [0.3, 0.4) is 0 Å². The molecule has 1 aliphatic carbocycles. The minimum Gasteiger partial charge on any atom is -0.207 e. The van der Waals surface area contributed by atoms with E-state index in [1.807, 2.05) is 0 Å². The SMILES string of the molecule is [CH2]C(F)(F)C1CCCCC1. The van der Waals surface area contributed by atoms with Gasteiger partial charge >= 0.3 is 0 Å². The summed E-state index contributed by atoms with van der Waals surface area (Å²) in [4.78, 5) is 0. The van der Waals surface area contributed by atoms with E-state index in [9.17, 15) is 8.78 Å². The van der Waals surface area contributed by atoms with Gasteiger partial charge in [-0.25, -0.2) is 8.78 Å². The Morgan fingerprint density at radius 1 is 1.10 bits per heavy atom. The van der Waals surface area contributed by atoms with Crippen molar-refractivity contribution in [3.8, 4) is 0 Å². The molecule has 1 fully saturated rings. The van der Waals surface area contributed by atoms with Crippen LogP contribution < -0.4 is 0 Å². The molecule has 0 spiro atoms. The summed E-state index contributed by atoms with van der Waals surface area (Å²) in [6.45, 7) is 2.86. The minimum absolute atomic E-state index is 0.443. The summed E-state index contributed by atoms with van der Waals surface area (Å²) >= 11 is 0. The Balaban J connectivity index is 2.39. The molecule has 0 atom stereocenters. The predicted molar refractivity (Wildman–Crippen MR) is 36.9 cm³/mol. The Labute approximate surface area is 60.6 Å². The van der Waals surface area contributed by atoms with Crippen molar-refractivity contribution >= 4 is 0 Å². The smallest absolute Gasteiger partial charge is 0.207 e. The fourth-order valence-corrected chi connectivity index (χ4v) is 1.52. The highest BCUT2D eigenvalue weighted by Gasteiger charge is 2.34. The Hall–Kier alpha value is -0.140. The first-order valence-corrected chi connectivity index (χ1v) is 3.84. The third-order valence-electron chi connectivity index (χ3n) is 2.20. The van der Waals surface area contributed by atoms with Gasteiger partial charge in [0.2, 0.25) is 0 Å². The molecule has 0 heterocycles. The summed E-state index contributed by atoms with van der Waals surface area (Å²) in [6.07, 6.45) is 4.35. The van der Waals surface area contributed by atoms with Crippen molar-refractivity contribution in [1.29, 1.82) is 0 Å². The molecule has 59 valence electrons. The van der Waals surface area contributed by atoms with Crippen LogP contribution in [0.1, 0.15) is 32.1 Å². The molecule has 10 heavy (non-hydrogen) atoms. The highest BCUT2D eigenvalue weighted by molar-refractivity contribution is 4.81. The molecule has 0 bridgehead atoms. The van der Waals surface area contributed by atoms with Gasteiger partial charge in [0, 0.05) is 12.8 Å². The van der Waals surface area contributed by atoms with Crippen molar-refractivity contribution in [2.75, 3.05) is 0 Å². The van der Waals surface area contributed by atoms with Crippen molar-refractivity contribution in [2.24, 2.45) is 5.92 Å². The van der Waals surface area contributed by atoms with E-state index in [0.29, 0.717) is 12.8 Å². The maximum atomic E-state index is 12.5. The van der Waals surface area contributed by atoms with Gasteiger partial charge in [-0.15, -0.1) is 0 Å². The molecule has 1 radical (unpaired) electrons. The van der Waals surface area contributed by atoms with Crippen LogP contribution in [0.2, 0.25) is 0 Å². The first-order valence-electron chi connectivity index (χ1n) is 3.84. The normalized spacial score (nSPS) is 23.1. The van der Waals surface area contributed by atoms with Crippen LogP contribution in [0.15, 0.2) is 0 Å². The van der Waals surface area contributed by atoms with Crippen LogP contribution in [0.4, 0.5) is 8.78 Å². The van der Waals surface area contributed by atoms with Crippen LogP contribution in [0.25, 0.3) is 0 Å². The molecule has 0 amide bonds. The second kappa shape index (κ2) is 2.85. The first-order chi connectivity index (χ1) is 4.61. The van der Waals surface area contributed by atoms with Gasteiger partial charge in [0.25, 0.3) is 5.92 Å². The van der Waals surface area contributed by atoms with Crippen molar-refractivity contribution in [3.63, 3.8) is 0 Å².